The van der Waals surface area contributed by atoms with E-state index in [4.69, 9.17) is 9.47 Å². The largest absolute Gasteiger partial charge is 0.497 e. The zero-order valence-electron chi connectivity index (χ0n) is 18.5. The molecule has 1 heterocycles. The molecule has 1 saturated heterocycles. The quantitative estimate of drug-likeness (QED) is 0.389. The topological polar surface area (TPSA) is 76.2 Å². The van der Waals surface area contributed by atoms with Crippen LogP contribution in [-0.2, 0) is 26.1 Å². The smallest absolute Gasteiger partial charge is 0.325 e. The number of sulfonamides is 1. The summed E-state index contributed by atoms with van der Waals surface area (Å²) in [5.74, 6) is 0.195. The lowest BCUT2D eigenvalue weighted by molar-refractivity contribution is -0.145. The Bertz CT molecular complexity index is 751. The second-order valence-corrected chi connectivity index (χ2v) is 9.86. The molecular weight excluding hydrogens is 404 g/mol. The van der Waals surface area contributed by atoms with Crippen LogP contribution in [-0.4, -0.2) is 69.2 Å². The summed E-state index contributed by atoms with van der Waals surface area (Å²) in [6, 6.07) is 6.38. The van der Waals surface area contributed by atoms with Gasteiger partial charge in [-0.1, -0.05) is 51.2 Å². The van der Waals surface area contributed by atoms with Crippen LogP contribution < -0.4 is 4.74 Å². The Labute approximate surface area is 181 Å². The third-order valence-corrected chi connectivity index (χ3v) is 7.40. The fourth-order valence-electron chi connectivity index (χ4n) is 3.75. The van der Waals surface area contributed by atoms with Gasteiger partial charge in [-0.05, 0) is 30.7 Å². The zero-order valence-corrected chi connectivity index (χ0v) is 19.3. The molecule has 0 aliphatic carbocycles. The van der Waals surface area contributed by atoms with E-state index in [-0.39, 0.29) is 12.3 Å². The molecule has 1 aliphatic heterocycles. The van der Waals surface area contributed by atoms with Gasteiger partial charge in [0.1, 0.15) is 11.8 Å². The van der Waals surface area contributed by atoms with Crippen LogP contribution in [0.1, 0.15) is 51.0 Å². The van der Waals surface area contributed by atoms with E-state index >= 15 is 0 Å². The van der Waals surface area contributed by atoms with E-state index in [0.29, 0.717) is 18.8 Å². The molecule has 0 aromatic heterocycles. The van der Waals surface area contributed by atoms with Crippen molar-refractivity contribution < 1.29 is 22.7 Å². The third kappa shape index (κ3) is 7.25. The fourth-order valence-corrected chi connectivity index (χ4v) is 5.36. The van der Waals surface area contributed by atoms with E-state index in [1.165, 1.54) is 37.1 Å². The first kappa shape index (κ1) is 24.6. The summed E-state index contributed by atoms with van der Waals surface area (Å²) >= 11 is 0. The van der Waals surface area contributed by atoms with E-state index < -0.39 is 22.0 Å². The van der Waals surface area contributed by atoms with Crippen LogP contribution in [0.3, 0.4) is 0 Å². The molecule has 0 spiro atoms. The van der Waals surface area contributed by atoms with Gasteiger partial charge in [0.2, 0.25) is 10.0 Å². The zero-order chi connectivity index (χ0) is 22.0. The number of benzene rings is 1. The molecule has 1 aromatic carbocycles. The predicted molar refractivity (Wildman–Crippen MR) is 118 cm³/mol. The Kier molecular flexibility index (Phi) is 10.1. The summed E-state index contributed by atoms with van der Waals surface area (Å²) in [5, 5.41) is 0. The number of carbonyl (C=O) groups excluding carboxylic acids is 1. The van der Waals surface area contributed by atoms with E-state index in [0.717, 1.165) is 24.9 Å². The number of methoxy groups -OCH3 is 2. The van der Waals surface area contributed by atoms with E-state index in [2.05, 4.69) is 11.8 Å². The molecule has 0 bridgehead atoms. The van der Waals surface area contributed by atoms with Crippen LogP contribution in [0.2, 0.25) is 0 Å². The minimum atomic E-state index is -3.59. The highest BCUT2D eigenvalue weighted by molar-refractivity contribution is 7.89. The molecule has 1 unspecified atom stereocenters. The van der Waals surface area contributed by atoms with Crippen LogP contribution in [0.15, 0.2) is 24.3 Å². The van der Waals surface area contributed by atoms with Crippen molar-refractivity contribution in [1.29, 1.82) is 0 Å². The van der Waals surface area contributed by atoms with Crippen molar-refractivity contribution in [1.82, 2.24) is 9.21 Å². The monoisotopic (exact) mass is 440 g/mol. The van der Waals surface area contributed by atoms with Crippen molar-refractivity contribution in [3.63, 3.8) is 0 Å². The van der Waals surface area contributed by atoms with Gasteiger partial charge in [0, 0.05) is 19.6 Å². The average Bonchev–Trinajstić information content (AvgIpc) is 2.87. The SMILES string of the molecule is CCCCCCCCN1CCS(=O)(=O)N(Cc2ccc(OC)cc2)C(C(=O)OC)C1. The maximum atomic E-state index is 13.0. The summed E-state index contributed by atoms with van der Waals surface area (Å²) in [7, 11) is -0.702. The number of rotatable bonds is 11. The molecule has 2 rings (SSSR count). The predicted octanol–water partition coefficient (Wildman–Crippen LogP) is 3.04. The van der Waals surface area contributed by atoms with Gasteiger partial charge in [-0.3, -0.25) is 4.79 Å². The molecule has 0 amide bonds. The Morgan fingerprint density at radius 1 is 1.07 bits per heavy atom. The van der Waals surface area contributed by atoms with Crippen LogP contribution in [0, 0.1) is 0 Å². The standard InChI is InChI=1S/C22H36N2O5S/c1-4-5-6-7-8-9-14-23-15-16-30(26,27)24(21(18-23)22(25)29-3)17-19-10-12-20(28-2)13-11-19/h10-13,21H,4-9,14-18H2,1-3H3. The second-order valence-electron chi connectivity index (χ2n) is 7.82. The molecule has 1 fully saturated rings. The Balaban J connectivity index is 2.09. The highest BCUT2D eigenvalue weighted by Gasteiger charge is 2.39. The molecule has 8 heteroatoms. The average molecular weight is 441 g/mol. The first-order valence-corrected chi connectivity index (χ1v) is 12.4. The van der Waals surface area contributed by atoms with Gasteiger partial charge in [-0.15, -0.1) is 0 Å². The number of hydrogen-bond acceptors (Lipinski definition) is 6. The number of carbonyl (C=O) groups is 1. The fraction of sp³-hybridized carbons (Fsp3) is 0.682. The minimum Gasteiger partial charge on any atom is -0.497 e. The Morgan fingerprint density at radius 2 is 1.73 bits per heavy atom. The summed E-state index contributed by atoms with van der Waals surface area (Å²) < 4.78 is 37.5. The number of hydrogen-bond donors (Lipinski definition) is 0. The van der Waals surface area contributed by atoms with Gasteiger partial charge in [0.15, 0.2) is 0 Å². The highest BCUT2D eigenvalue weighted by atomic mass is 32.2. The van der Waals surface area contributed by atoms with Crippen molar-refractivity contribution in [3.05, 3.63) is 29.8 Å². The summed E-state index contributed by atoms with van der Waals surface area (Å²) in [4.78, 5) is 14.6. The highest BCUT2D eigenvalue weighted by Crippen LogP contribution is 2.21. The lowest BCUT2D eigenvalue weighted by Crippen LogP contribution is -2.48. The third-order valence-electron chi connectivity index (χ3n) is 5.60. The van der Waals surface area contributed by atoms with Crippen LogP contribution in [0.5, 0.6) is 5.75 Å². The maximum Gasteiger partial charge on any atom is 0.325 e. The minimum absolute atomic E-state index is 0.00643. The van der Waals surface area contributed by atoms with E-state index in [1.54, 1.807) is 19.2 Å². The van der Waals surface area contributed by atoms with Crippen molar-refractivity contribution in [3.8, 4) is 5.75 Å². The number of unbranched alkanes of at least 4 members (excludes halogenated alkanes) is 5. The lowest BCUT2D eigenvalue weighted by atomic mass is 10.1. The molecule has 1 atom stereocenters. The van der Waals surface area contributed by atoms with E-state index in [9.17, 15) is 13.2 Å². The summed E-state index contributed by atoms with van der Waals surface area (Å²) in [6.45, 7) is 3.92. The summed E-state index contributed by atoms with van der Waals surface area (Å²) in [6.07, 6.45) is 7.05. The van der Waals surface area contributed by atoms with Crippen LogP contribution >= 0.6 is 0 Å². The van der Waals surface area contributed by atoms with Gasteiger partial charge in [0.25, 0.3) is 0 Å². The van der Waals surface area contributed by atoms with Gasteiger partial charge < -0.3 is 14.4 Å². The van der Waals surface area contributed by atoms with E-state index in [1.807, 2.05) is 12.1 Å². The molecule has 0 saturated carbocycles. The maximum absolute atomic E-state index is 13.0. The number of nitrogens with zero attached hydrogens (tertiary/aromatic N) is 2. The molecule has 1 aromatic rings. The number of esters is 1. The van der Waals surface area contributed by atoms with Gasteiger partial charge in [-0.25, -0.2) is 8.42 Å². The molecule has 170 valence electrons. The Morgan fingerprint density at radius 3 is 2.37 bits per heavy atom. The van der Waals surface area contributed by atoms with Crippen molar-refractivity contribution in [2.75, 3.05) is 39.6 Å². The van der Waals surface area contributed by atoms with Gasteiger partial charge >= 0.3 is 5.97 Å². The molecule has 7 nitrogen and oxygen atoms in total. The first-order chi connectivity index (χ1) is 14.4. The molecule has 0 radical (unpaired) electrons. The van der Waals surface area contributed by atoms with Crippen molar-refractivity contribution >= 4 is 16.0 Å². The first-order valence-electron chi connectivity index (χ1n) is 10.8. The van der Waals surface area contributed by atoms with Crippen LogP contribution in [0.4, 0.5) is 0 Å². The van der Waals surface area contributed by atoms with Crippen LogP contribution in [0.25, 0.3) is 0 Å². The van der Waals surface area contributed by atoms with Crippen molar-refractivity contribution in [2.24, 2.45) is 0 Å². The molecule has 30 heavy (non-hydrogen) atoms. The molecule has 0 N–H and O–H groups in total. The Hall–Kier alpha value is -1.64. The lowest BCUT2D eigenvalue weighted by Gasteiger charge is -2.28. The second kappa shape index (κ2) is 12.3. The normalized spacial score (nSPS) is 19.9. The number of ether oxygens (including phenoxy) is 2. The summed E-state index contributed by atoms with van der Waals surface area (Å²) in [5.41, 5.74) is 0.803. The van der Waals surface area contributed by atoms with Gasteiger partial charge in [0.05, 0.1) is 20.0 Å². The van der Waals surface area contributed by atoms with Gasteiger partial charge in [-0.2, -0.15) is 4.31 Å². The van der Waals surface area contributed by atoms with Crippen molar-refractivity contribution in [2.45, 2.75) is 58.0 Å². The molecule has 1 aliphatic rings. The molecular formula is C22H36N2O5S.